The molecule has 2 rings (SSSR count). The Balaban J connectivity index is 2.23. The van der Waals surface area contributed by atoms with Gasteiger partial charge in [-0.2, -0.15) is 0 Å². The van der Waals surface area contributed by atoms with E-state index in [0.29, 0.717) is 12.1 Å². The highest BCUT2D eigenvalue weighted by molar-refractivity contribution is 6.05. The van der Waals surface area contributed by atoms with Gasteiger partial charge in [-0.05, 0) is 38.8 Å². The zero-order valence-electron chi connectivity index (χ0n) is 14.9. The predicted octanol–water partition coefficient (Wildman–Crippen LogP) is 2.33. The predicted molar refractivity (Wildman–Crippen MR) is 92.5 cm³/mol. The zero-order chi connectivity index (χ0) is 18.8. The largest absolute Gasteiger partial charge is 0.480 e. The van der Waals surface area contributed by atoms with Gasteiger partial charge in [0.25, 0.3) is 5.91 Å². The quantitative estimate of drug-likeness (QED) is 0.871. The van der Waals surface area contributed by atoms with E-state index in [1.807, 2.05) is 6.07 Å². The van der Waals surface area contributed by atoms with Crippen LogP contribution in [0.2, 0.25) is 0 Å². The third-order valence-electron chi connectivity index (χ3n) is 3.90. The Bertz CT molecular complexity index is 680. The first-order valence-corrected chi connectivity index (χ1v) is 8.27. The minimum Gasteiger partial charge on any atom is -0.480 e. The lowest BCUT2D eigenvalue weighted by Gasteiger charge is -2.28. The van der Waals surface area contributed by atoms with Crippen LogP contribution in [0.4, 0.5) is 10.5 Å². The minimum absolute atomic E-state index is 0.250. The number of rotatable bonds is 4. The van der Waals surface area contributed by atoms with E-state index in [-0.39, 0.29) is 6.42 Å². The highest BCUT2D eigenvalue weighted by atomic mass is 16.6. The first kappa shape index (κ1) is 18.8. The van der Waals surface area contributed by atoms with E-state index in [9.17, 15) is 19.5 Å². The summed E-state index contributed by atoms with van der Waals surface area (Å²) in [6.07, 6.45) is -0.129. The van der Waals surface area contributed by atoms with Crippen LogP contribution in [0.25, 0.3) is 0 Å². The van der Waals surface area contributed by atoms with Gasteiger partial charge in [-0.15, -0.1) is 0 Å². The van der Waals surface area contributed by atoms with Gasteiger partial charge in [-0.3, -0.25) is 9.69 Å². The number of carboxylic acids is 1. The molecule has 0 fully saturated rings. The van der Waals surface area contributed by atoms with Crippen LogP contribution in [0.1, 0.15) is 39.7 Å². The summed E-state index contributed by atoms with van der Waals surface area (Å²) in [5.41, 5.74) is 0.689. The molecule has 0 radical (unpaired) electrons. The number of para-hydroxylation sites is 1. The van der Waals surface area contributed by atoms with Gasteiger partial charge in [-0.25, -0.2) is 9.59 Å². The fourth-order valence-electron chi connectivity index (χ4n) is 2.81. The van der Waals surface area contributed by atoms with Gasteiger partial charge in [0.1, 0.15) is 17.7 Å². The van der Waals surface area contributed by atoms with Crippen molar-refractivity contribution in [3.05, 3.63) is 29.8 Å². The lowest BCUT2D eigenvalue weighted by atomic mass is 10.1. The van der Waals surface area contributed by atoms with Crippen molar-refractivity contribution in [1.29, 1.82) is 0 Å². The van der Waals surface area contributed by atoms with Gasteiger partial charge in [0, 0.05) is 12.1 Å². The average Bonchev–Trinajstić information content (AvgIpc) is 2.90. The van der Waals surface area contributed by atoms with Gasteiger partial charge in [0.05, 0.1) is 0 Å². The topological polar surface area (TPSA) is 95.9 Å². The first-order chi connectivity index (χ1) is 11.6. The number of carbonyl (C=O) groups excluding carboxylic acids is 2. The number of aliphatic carboxylic acids is 1. The molecule has 0 saturated heterocycles. The summed E-state index contributed by atoms with van der Waals surface area (Å²) in [6.45, 7) is 6.93. The Kier molecular flexibility index (Phi) is 5.35. The van der Waals surface area contributed by atoms with Gasteiger partial charge >= 0.3 is 12.1 Å². The second kappa shape index (κ2) is 7.13. The van der Waals surface area contributed by atoms with Crippen molar-refractivity contribution >= 4 is 23.7 Å². The molecule has 0 spiro atoms. The van der Waals surface area contributed by atoms with E-state index in [2.05, 4.69) is 5.32 Å². The monoisotopic (exact) mass is 348 g/mol. The lowest BCUT2D eigenvalue weighted by Crippen LogP contribution is -2.53. The summed E-state index contributed by atoms with van der Waals surface area (Å²) >= 11 is 0. The molecule has 1 aromatic rings. The van der Waals surface area contributed by atoms with Crippen LogP contribution >= 0.6 is 0 Å². The first-order valence-electron chi connectivity index (χ1n) is 8.27. The Morgan fingerprint density at radius 3 is 2.52 bits per heavy atom. The smallest absolute Gasteiger partial charge is 0.408 e. The molecule has 1 heterocycles. The van der Waals surface area contributed by atoms with E-state index in [4.69, 9.17) is 4.74 Å². The summed E-state index contributed by atoms with van der Waals surface area (Å²) in [7, 11) is 0. The molecule has 0 saturated carbocycles. The van der Waals surface area contributed by atoms with Crippen LogP contribution in [0.3, 0.4) is 0 Å². The molecule has 2 N–H and O–H groups in total. The van der Waals surface area contributed by atoms with Crippen molar-refractivity contribution in [1.82, 2.24) is 5.32 Å². The summed E-state index contributed by atoms with van der Waals surface area (Å²) in [6, 6.07) is 5.26. The summed E-state index contributed by atoms with van der Waals surface area (Å²) < 4.78 is 5.19. The Morgan fingerprint density at radius 2 is 1.96 bits per heavy atom. The van der Waals surface area contributed by atoms with Crippen LogP contribution in [0, 0.1) is 0 Å². The van der Waals surface area contributed by atoms with Crippen molar-refractivity contribution in [2.75, 3.05) is 4.90 Å². The highest BCUT2D eigenvalue weighted by Crippen LogP contribution is 2.33. The van der Waals surface area contributed by atoms with E-state index in [0.717, 1.165) is 5.56 Å². The summed E-state index contributed by atoms with van der Waals surface area (Å²) in [5.74, 6) is -1.53. The third kappa shape index (κ3) is 4.29. The molecule has 1 aromatic carbocycles. The Morgan fingerprint density at radius 1 is 1.32 bits per heavy atom. The number of nitrogens with zero attached hydrogens (tertiary/aromatic N) is 1. The second-order valence-corrected chi connectivity index (χ2v) is 7.00. The average molecular weight is 348 g/mol. The third-order valence-corrected chi connectivity index (χ3v) is 3.90. The van der Waals surface area contributed by atoms with Gasteiger partial charge in [0.2, 0.25) is 0 Å². The Labute approximate surface area is 147 Å². The Hall–Kier alpha value is -2.57. The standard InChI is InChI=1S/C18H24N2O5/c1-5-12(19-17(24)25-18(2,3)4)15(21)20-13-9-7-6-8-11(13)10-14(20)16(22)23/h6-9,12,14H,5,10H2,1-4H3,(H,19,24)(H,22,23)/t12-,14-/m0/s1. The van der Waals surface area contributed by atoms with Crippen molar-refractivity contribution in [3.8, 4) is 0 Å². The van der Waals surface area contributed by atoms with Crippen LogP contribution in [0.15, 0.2) is 24.3 Å². The number of benzene rings is 1. The van der Waals surface area contributed by atoms with Gasteiger partial charge in [0.15, 0.2) is 0 Å². The van der Waals surface area contributed by atoms with Crippen LogP contribution in [-0.4, -0.2) is 40.8 Å². The number of amides is 2. The molecule has 0 aromatic heterocycles. The fourth-order valence-corrected chi connectivity index (χ4v) is 2.81. The van der Waals surface area contributed by atoms with Crippen LogP contribution in [0.5, 0.6) is 0 Å². The molecular weight excluding hydrogens is 324 g/mol. The van der Waals surface area contributed by atoms with Crippen molar-refractivity contribution < 1.29 is 24.2 Å². The lowest BCUT2D eigenvalue weighted by molar-refractivity contribution is -0.140. The second-order valence-electron chi connectivity index (χ2n) is 7.00. The van der Waals surface area contributed by atoms with Crippen LogP contribution < -0.4 is 10.2 Å². The number of carbonyl (C=O) groups is 3. The number of carboxylic acid groups (broad SMARTS) is 1. The molecule has 25 heavy (non-hydrogen) atoms. The molecule has 2 atom stereocenters. The molecule has 136 valence electrons. The molecule has 1 aliphatic heterocycles. The molecule has 0 aliphatic carbocycles. The van der Waals surface area contributed by atoms with Crippen LogP contribution in [-0.2, 0) is 20.7 Å². The van der Waals surface area contributed by atoms with Crippen molar-refractivity contribution in [3.63, 3.8) is 0 Å². The maximum atomic E-state index is 12.9. The highest BCUT2D eigenvalue weighted by Gasteiger charge is 2.40. The number of hydrogen-bond donors (Lipinski definition) is 2. The maximum Gasteiger partial charge on any atom is 0.408 e. The number of fused-ring (bicyclic) bond motifs is 1. The number of nitrogens with one attached hydrogen (secondary N) is 1. The van der Waals surface area contributed by atoms with Gasteiger partial charge < -0.3 is 15.2 Å². The van der Waals surface area contributed by atoms with Crippen molar-refractivity contribution in [2.45, 2.75) is 58.2 Å². The molecule has 7 nitrogen and oxygen atoms in total. The molecule has 0 bridgehead atoms. The van der Waals surface area contributed by atoms with E-state index >= 15 is 0 Å². The summed E-state index contributed by atoms with van der Waals surface area (Å²) in [5, 5.41) is 12.0. The van der Waals surface area contributed by atoms with Gasteiger partial charge in [-0.1, -0.05) is 25.1 Å². The van der Waals surface area contributed by atoms with E-state index in [1.165, 1.54) is 4.90 Å². The zero-order valence-corrected chi connectivity index (χ0v) is 14.9. The van der Waals surface area contributed by atoms with E-state index in [1.54, 1.807) is 45.9 Å². The maximum absolute atomic E-state index is 12.9. The van der Waals surface area contributed by atoms with E-state index < -0.39 is 35.7 Å². The molecule has 2 amide bonds. The number of hydrogen-bond acceptors (Lipinski definition) is 4. The number of ether oxygens (including phenoxy) is 1. The summed E-state index contributed by atoms with van der Waals surface area (Å²) in [4.78, 5) is 37.8. The molecule has 1 aliphatic rings. The van der Waals surface area contributed by atoms with Crippen molar-refractivity contribution in [2.24, 2.45) is 0 Å². The molecule has 7 heteroatoms. The number of anilines is 1. The minimum atomic E-state index is -1.07. The number of alkyl carbamates (subject to hydrolysis) is 1. The molecule has 0 unspecified atom stereocenters. The fraction of sp³-hybridized carbons (Fsp3) is 0.500. The molecular formula is C18H24N2O5. The normalized spacial score (nSPS) is 17.6. The SMILES string of the molecule is CC[C@H](NC(=O)OC(C)(C)C)C(=O)N1c2ccccc2C[C@H]1C(=O)O.